The molecule has 2 aromatic rings. The van der Waals surface area contributed by atoms with Crippen LogP contribution in [0.2, 0.25) is 0 Å². The standard InChI is InChI=1S/C27H34/c1-3-5-6-7-23-14-18-26(19-15-23)27-20-16-25(17-21-27)13-12-24-10-8-22(4-2)9-11-24/h8-11,14-15,18-19,25,27H,3-7,16-17,20-21H2,1-2H3/t25-,27-. The molecule has 1 fully saturated rings. The minimum Gasteiger partial charge on any atom is -0.0945 e. The number of hydrogen-bond acceptors (Lipinski definition) is 0. The molecule has 1 saturated carbocycles. The quantitative estimate of drug-likeness (QED) is 0.375. The highest BCUT2D eigenvalue weighted by Gasteiger charge is 2.21. The second-order valence-electron chi connectivity index (χ2n) is 8.07. The first-order valence-corrected chi connectivity index (χ1v) is 11.0. The third-order valence-corrected chi connectivity index (χ3v) is 6.03. The fraction of sp³-hybridized carbons (Fsp3) is 0.481. The summed E-state index contributed by atoms with van der Waals surface area (Å²) in [6.45, 7) is 4.46. The van der Waals surface area contributed by atoms with Crippen molar-refractivity contribution in [1.82, 2.24) is 0 Å². The number of aryl methyl sites for hydroxylation is 2. The molecule has 0 amide bonds. The van der Waals surface area contributed by atoms with Gasteiger partial charge in [-0.05, 0) is 79.7 Å². The first-order valence-electron chi connectivity index (χ1n) is 11.0. The van der Waals surface area contributed by atoms with Crippen LogP contribution in [0.3, 0.4) is 0 Å². The van der Waals surface area contributed by atoms with Gasteiger partial charge < -0.3 is 0 Å². The zero-order valence-corrected chi connectivity index (χ0v) is 17.1. The van der Waals surface area contributed by atoms with E-state index in [1.165, 1.54) is 68.1 Å². The molecule has 0 saturated heterocycles. The molecule has 3 rings (SSSR count). The Morgan fingerprint density at radius 3 is 2.07 bits per heavy atom. The zero-order valence-electron chi connectivity index (χ0n) is 17.1. The van der Waals surface area contributed by atoms with Crippen molar-refractivity contribution in [1.29, 1.82) is 0 Å². The summed E-state index contributed by atoms with van der Waals surface area (Å²) in [4.78, 5) is 0. The van der Waals surface area contributed by atoms with Crippen molar-refractivity contribution < 1.29 is 0 Å². The third-order valence-electron chi connectivity index (χ3n) is 6.03. The van der Waals surface area contributed by atoms with Crippen molar-refractivity contribution in [2.75, 3.05) is 0 Å². The van der Waals surface area contributed by atoms with Gasteiger partial charge in [-0.3, -0.25) is 0 Å². The molecule has 0 heteroatoms. The molecule has 0 bridgehead atoms. The maximum atomic E-state index is 3.54. The highest BCUT2D eigenvalue weighted by atomic mass is 14.2. The average molecular weight is 359 g/mol. The van der Waals surface area contributed by atoms with Crippen LogP contribution < -0.4 is 0 Å². The van der Waals surface area contributed by atoms with Crippen LogP contribution in [0.25, 0.3) is 0 Å². The number of benzene rings is 2. The van der Waals surface area contributed by atoms with Gasteiger partial charge in [0.1, 0.15) is 0 Å². The third kappa shape index (κ3) is 6.00. The Kier molecular flexibility index (Phi) is 7.58. The topological polar surface area (TPSA) is 0 Å². The van der Waals surface area contributed by atoms with Gasteiger partial charge in [-0.15, -0.1) is 0 Å². The van der Waals surface area contributed by atoms with Crippen molar-refractivity contribution >= 4 is 0 Å². The summed E-state index contributed by atoms with van der Waals surface area (Å²) in [5, 5.41) is 0. The van der Waals surface area contributed by atoms with Crippen LogP contribution in [0.4, 0.5) is 0 Å². The minimum absolute atomic E-state index is 0.570. The van der Waals surface area contributed by atoms with Crippen molar-refractivity contribution in [2.24, 2.45) is 5.92 Å². The van der Waals surface area contributed by atoms with E-state index in [0.29, 0.717) is 5.92 Å². The van der Waals surface area contributed by atoms with Crippen molar-refractivity contribution in [3.05, 3.63) is 70.8 Å². The SMILES string of the molecule is CCCCCc1ccc([C@H]2CC[C@H](C#Cc3ccc(CC)cc3)CC2)cc1. The van der Waals surface area contributed by atoms with Gasteiger partial charge in [0.15, 0.2) is 0 Å². The van der Waals surface area contributed by atoms with E-state index in [-0.39, 0.29) is 0 Å². The van der Waals surface area contributed by atoms with E-state index in [1.807, 2.05) is 0 Å². The maximum Gasteiger partial charge on any atom is 0.0245 e. The van der Waals surface area contributed by atoms with Gasteiger partial charge in [-0.25, -0.2) is 0 Å². The van der Waals surface area contributed by atoms with Crippen LogP contribution in [0, 0.1) is 17.8 Å². The molecular formula is C27H34. The number of unbranched alkanes of at least 4 members (excludes halogenated alkanes) is 2. The Bertz CT molecular complexity index is 731. The lowest BCUT2D eigenvalue weighted by Crippen LogP contribution is -2.12. The molecule has 0 atom stereocenters. The van der Waals surface area contributed by atoms with Gasteiger partial charge in [0.05, 0.1) is 0 Å². The first-order chi connectivity index (χ1) is 13.3. The van der Waals surface area contributed by atoms with Crippen LogP contribution >= 0.6 is 0 Å². The molecular weight excluding hydrogens is 324 g/mol. The van der Waals surface area contributed by atoms with Crippen LogP contribution in [0.1, 0.15) is 87.0 Å². The molecule has 27 heavy (non-hydrogen) atoms. The number of hydrogen-bond donors (Lipinski definition) is 0. The van der Waals surface area contributed by atoms with Crippen LogP contribution in [0.15, 0.2) is 48.5 Å². The van der Waals surface area contributed by atoms with Gasteiger partial charge >= 0.3 is 0 Å². The van der Waals surface area contributed by atoms with Crippen LogP contribution in [-0.2, 0) is 12.8 Å². The number of rotatable bonds is 6. The van der Waals surface area contributed by atoms with Gasteiger partial charge in [0, 0.05) is 11.5 Å². The lowest BCUT2D eigenvalue weighted by Gasteiger charge is -2.26. The molecule has 0 aromatic heterocycles. The van der Waals surface area contributed by atoms with Gasteiger partial charge in [-0.2, -0.15) is 0 Å². The predicted molar refractivity (Wildman–Crippen MR) is 117 cm³/mol. The molecule has 0 aliphatic heterocycles. The van der Waals surface area contributed by atoms with Crippen molar-refractivity contribution in [2.45, 2.75) is 77.6 Å². The molecule has 142 valence electrons. The van der Waals surface area contributed by atoms with E-state index in [9.17, 15) is 0 Å². The normalized spacial score (nSPS) is 19.3. The highest BCUT2D eigenvalue weighted by Crippen LogP contribution is 2.35. The maximum absolute atomic E-state index is 3.54. The summed E-state index contributed by atoms with van der Waals surface area (Å²) in [6, 6.07) is 18.2. The van der Waals surface area contributed by atoms with Crippen LogP contribution in [0.5, 0.6) is 0 Å². The molecule has 0 unspecified atom stereocenters. The van der Waals surface area contributed by atoms with E-state index in [0.717, 1.165) is 17.9 Å². The fourth-order valence-electron chi connectivity index (χ4n) is 4.12. The lowest BCUT2D eigenvalue weighted by molar-refractivity contribution is 0.384. The van der Waals surface area contributed by atoms with Gasteiger partial charge in [0.25, 0.3) is 0 Å². The average Bonchev–Trinajstić information content (AvgIpc) is 2.74. The van der Waals surface area contributed by atoms with E-state index in [1.54, 1.807) is 0 Å². The second-order valence-corrected chi connectivity index (χ2v) is 8.07. The summed E-state index contributed by atoms with van der Waals surface area (Å²) in [7, 11) is 0. The molecule has 1 aliphatic carbocycles. The highest BCUT2D eigenvalue weighted by molar-refractivity contribution is 5.36. The fourth-order valence-corrected chi connectivity index (χ4v) is 4.12. The Morgan fingerprint density at radius 1 is 0.778 bits per heavy atom. The molecule has 0 nitrogen and oxygen atoms in total. The minimum atomic E-state index is 0.570. The summed E-state index contributed by atoms with van der Waals surface area (Å²) in [5.74, 6) is 8.24. The summed E-state index contributed by atoms with van der Waals surface area (Å²) in [6.07, 6.45) is 11.3. The predicted octanol–water partition coefficient (Wildman–Crippen LogP) is 7.31. The second kappa shape index (κ2) is 10.4. The van der Waals surface area contributed by atoms with E-state index < -0.39 is 0 Å². The molecule has 2 aromatic carbocycles. The summed E-state index contributed by atoms with van der Waals surface area (Å²) < 4.78 is 0. The molecule has 0 radical (unpaired) electrons. The monoisotopic (exact) mass is 358 g/mol. The van der Waals surface area contributed by atoms with Gasteiger partial charge in [-0.1, -0.05) is 74.9 Å². The van der Waals surface area contributed by atoms with E-state index in [2.05, 4.69) is 74.2 Å². The smallest absolute Gasteiger partial charge is 0.0245 e. The van der Waals surface area contributed by atoms with Crippen LogP contribution in [-0.4, -0.2) is 0 Å². The zero-order chi connectivity index (χ0) is 18.9. The first kappa shape index (κ1) is 19.8. The molecule has 1 aliphatic rings. The summed E-state index contributed by atoms with van der Waals surface area (Å²) in [5.41, 5.74) is 5.59. The lowest BCUT2D eigenvalue weighted by atomic mass is 9.78. The Labute approximate surface area is 166 Å². The largest absolute Gasteiger partial charge is 0.0945 e. The van der Waals surface area contributed by atoms with E-state index in [4.69, 9.17) is 0 Å². The molecule has 0 spiro atoms. The van der Waals surface area contributed by atoms with Crippen molar-refractivity contribution in [3.63, 3.8) is 0 Å². The van der Waals surface area contributed by atoms with E-state index >= 15 is 0 Å². The van der Waals surface area contributed by atoms with Gasteiger partial charge in [0.2, 0.25) is 0 Å². The Hall–Kier alpha value is -2.00. The molecule has 0 heterocycles. The summed E-state index contributed by atoms with van der Waals surface area (Å²) >= 11 is 0. The van der Waals surface area contributed by atoms with Crippen molar-refractivity contribution in [3.8, 4) is 11.8 Å². The Balaban J connectivity index is 1.49. The Morgan fingerprint density at radius 2 is 1.44 bits per heavy atom. The molecule has 0 N–H and O–H groups in total.